The Labute approximate surface area is 83.0 Å². The summed E-state index contributed by atoms with van der Waals surface area (Å²) in [6, 6.07) is 9.69. The molecule has 0 atom stereocenters. The minimum absolute atomic E-state index is 0.347. The van der Waals surface area contributed by atoms with E-state index in [2.05, 4.69) is 17.9 Å². The molecule has 0 aliphatic heterocycles. The van der Waals surface area contributed by atoms with Crippen LogP contribution in [0, 0.1) is 23.2 Å². The van der Waals surface area contributed by atoms with Crippen molar-refractivity contribution >= 4 is 11.6 Å². The van der Waals surface area contributed by atoms with Gasteiger partial charge < -0.3 is 0 Å². The molecule has 0 aliphatic rings. The van der Waals surface area contributed by atoms with Crippen LogP contribution < -0.4 is 0 Å². The van der Waals surface area contributed by atoms with E-state index >= 15 is 0 Å². The van der Waals surface area contributed by atoms with Crippen LogP contribution in [-0.4, -0.2) is 5.88 Å². The molecule has 0 unspecified atom stereocenters. The summed E-state index contributed by atoms with van der Waals surface area (Å²) in [5, 5.41) is 8.43. The van der Waals surface area contributed by atoms with Crippen LogP contribution in [0.5, 0.6) is 0 Å². The van der Waals surface area contributed by atoms with Crippen LogP contribution in [0.3, 0.4) is 0 Å². The van der Waals surface area contributed by atoms with Gasteiger partial charge in [-0.15, -0.1) is 11.6 Å². The summed E-state index contributed by atoms with van der Waals surface area (Å²) in [4.78, 5) is 0. The van der Waals surface area contributed by atoms with Gasteiger partial charge in [0.15, 0.2) is 0 Å². The van der Waals surface area contributed by atoms with Crippen LogP contribution in [0.4, 0.5) is 0 Å². The molecule has 0 amide bonds. The molecule has 0 aliphatic carbocycles. The fraction of sp³-hybridized carbons (Fsp3) is 0.182. The van der Waals surface area contributed by atoms with Crippen LogP contribution in [0.2, 0.25) is 0 Å². The minimum Gasteiger partial charge on any atom is -0.198 e. The summed E-state index contributed by atoms with van der Waals surface area (Å²) < 4.78 is 0. The lowest BCUT2D eigenvalue weighted by Gasteiger charge is -1.93. The highest BCUT2D eigenvalue weighted by Gasteiger charge is 1.90. The Morgan fingerprint density at radius 3 is 2.46 bits per heavy atom. The van der Waals surface area contributed by atoms with Crippen molar-refractivity contribution < 1.29 is 0 Å². The Bertz CT molecular complexity index is 362. The van der Waals surface area contributed by atoms with Gasteiger partial charge in [0.2, 0.25) is 0 Å². The van der Waals surface area contributed by atoms with E-state index < -0.39 is 0 Å². The van der Waals surface area contributed by atoms with Crippen LogP contribution in [0.15, 0.2) is 24.3 Å². The predicted molar refractivity (Wildman–Crippen MR) is 53.4 cm³/mol. The van der Waals surface area contributed by atoms with E-state index in [4.69, 9.17) is 16.9 Å². The fourth-order valence-corrected chi connectivity index (χ4v) is 1.000. The van der Waals surface area contributed by atoms with Gasteiger partial charge in [-0.1, -0.05) is 24.0 Å². The molecule has 0 fully saturated rings. The Balaban J connectivity index is 2.76. The van der Waals surface area contributed by atoms with E-state index in [9.17, 15) is 0 Å². The minimum atomic E-state index is 0.347. The van der Waals surface area contributed by atoms with Gasteiger partial charge in [-0.3, -0.25) is 0 Å². The van der Waals surface area contributed by atoms with E-state index in [0.717, 1.165) is 11.1 Å². The molecule has 0 heterocycles. The van der Waals surface area contributed by atoms with Gasteiger partial charge in [0.25, 0.3) is 0 Å². The van der Waals surface area contributed by atoms with Crippen molar-refractivity contribution in [2.45, 2.75) is 6.42 Å². The third-order valence-electron chi connectivity index (χ3n) is 1.54. The quantitative estimate of drug-likeness (QED) is 0.492. The first-order chi connectivity index (χ1) is 6.36. The molecule has 0 aromatic heterocycles. The molecular weight excluding hydrogens is 182 g/mol. The number of halogens is 1. The molecule has 2 heteroatoms. The first-order valence-electron chi connectivity index (χ1n) is 3.87. The van der Waals surface area contributed by atoms with Crippen molar-refractivity contribution in [1.29, 1.82) is 5.26 Å². The van der Waals surface area contributed by atoms with Crippen molar-refractivity contribution in [3.05, 3.63) is 35.4 Å². The third kappa shape index (κ3) is 3.20. The van der Waals surface area contributed by atoms with E-state index in [1.54, 1.807) is 0 Å². The van der Waals surface area contributed by atoms with Crippen LogP contribution in [0.25, 0.3) is 0 Å². The van der Waals surface area contributed by atoms with Crippen molar-refractivity contribution in [2.75, 3.05) is 5.88 Å². The van der Waals surface area contributed by atoms with Gasteiger partial charge in [-0.2, -0.15) is 5.26 Å². The van der Waals surface area contributed by atoms with Gasteiger partial charge in [0.05, 0.1) is 18.4 Å². The van der Waals surface area contributed by atoms with Crippen molar-refractivity contribution in [2.24, 2.45) is 0 Å². The van der Waals surface area contributed by atoms with Gasteiger partial charge in [0.1, 0.15) is 0 Å². The number of hydrogen-bond acceptors (Lipinski definition) is 1. The normalized spacial score (nSPS) is 8.31. The summed E-state index contributed by atoms with van der Waals surface area (Å²) in [5.41, 5.74) is 1.95. The van der Waals surface area contributed by atoms with E-state index in [0.29, 0.717) is 12.3 Å². The van der Waals surface area contributed by atoms with Gasteiger partial charge in [0, 0.05) is 5.56 Å². The van der Waals surface area contributed by atoms with Gasteiger partial charge in [-0.05, 0) is 17.7 Å². The molecule has 64 valence electrons. The fourth-order valence-electron chi connectivity index (χ4n) is 0.933. The zero-order valence-corrected chi connectivity index (χ0v) is 7.80. The summed E-state index contributed by atoms with van der Waals surface area (Å²) in [6.07, 6.45) is 0.448. The highest BCUT2D eigenvalue weighted by Crippen LogP contribution is 2.03. The van der Waals surface area contributed by atoms with Crippen molar-refractivity contribution in [3.63, 3.8) is 0 Å². The number of hydrogen-bond donors (Lipinski definition) is 0. The predicted octanol–water partition coefficient (Wildman–Crippen LogP) is 2.34. The Hall–Kier alpha value is -1.44. The molecule has 0 radical (unpaired) electrons. The molecule has 0 N–H and O–H groups in total. The molecular formula is C11H8ClN. The molecule has 0 saturated heterocycles. The second-order valence-corrected chi connectivity index (χ2v) is 2.73. The standard InChI is InChI=1S/C11H8ClN/c12-8-1-2-10-3-5-11(6-4-10)7-9-13/h3-6H,7-8H2. The zero-order chi connectivity index (χ0) is 9.52. The lowest BCUT2D eigenvalue weighted by molar-refractivity contribution is 1.26. The highest BCUT2D eigenvalue weighted by molar-refractivity contribution is 6.19. The second-order valence-electron chi connectivity index (χ2n) is 2.47. The average Bonchev–Trinajstić information content (AvgIpc) is 2.17. The number of alkyl halides is 1. The smallest absolute Gasteiger partial charge is 0.0839 e. The molecule has 1 aromatic rings. The molecule has 13 heavy (non-hydrogen) atoms. The maximum absolute atomic E-state index is 8.43. The molecule has 0 saturated carbocycles. The van der Waals surface area contributed by atoms with Crippen LogP contribution >= 0.6 is 11.6 Å². The highest BCUT2D eigenvalue weighted by atomic mass is 35.5. The summed E-state index contributed by atoms with van der Waals surface area (Å²) in [6.45, 7) is 0. The maximum Gasteiger partial charge on any atom is 0.0839 e. The Morgan fingerprint density at radius 1 is 1.23 bits per heavy atom. The van der Waals surface area contributed by atoms with Crippen LogP contribution in [0.1, 0.15) is 11.1 Å². The first-order valence-corrected chi connectivity index (χ1v) is 4.41. The lowest BCUT2D eigenvalue weighted by Crippen LogP contribution is -1.81. The molecule has 1 rings (SSSR count). The van der Waals surface area contributed by atoms with E-state index in [1.807, 2.05) is 24.3 Å². The number of benzene rings is 1. The largest absolute Gasteiger partial charge is 0.198 e. The monoisotopic (exact) mass is 189 g/mol. The van der Waals surface area contributed by atoms with Crippen molar-refractivity contribution in [1.82, 2.24) is 0 Å². The number of nitrogens with zero attached hydrogens (tertiary/aromatic N) is 1. The van der Waals surface area contributed by atoms with Crippen LogP contribution in [-0.2, 0) is 6.42 Å². The number of nitriles is 1. The van der Waals surface area contributed by atoms with Gasteiger partial charge in [-0.25, -0.2) is 0 Å². The van der Waals surface area contributed by atoms with E-state index in [1.165, 1.54) is 0 Å². The SMILES string of the molecule is N#CCc1ccc(C#CCCl)cc1. The maximum atomic E-state index is 8.43. The Kier molecular flexibility index (Phi) is 3.89. The molecule has 0 spiro atoms. The summed E-state index contributed by atoms with van der Waals surface area (Å²) >= 11 is 5.42. The lowest BCUT2D eigenvalue weighted by atomic mass is 10.1. The molecule has 1 aromatic carbocycles. The zero-order valence-electron chi connectivity index (χ0n) is 7.05. The van der Waals surface area contributed by atoms with Gasteiger partial charge >= 0.3 is 0 Å². The molecule has 1 nitrogen and oxygen atoms in total. The summed E-state index contributed by atoms with van der Waals surface area (Å²) in [5.74, 6) is 6.01. The summed E-state index contributed by atoms with van der Waals surface area (Å²) in [7, 11) is 0. The first kappa shape index (κ1) is 9.65. The molecule has 0 bridgehead atoms. The third-order valence-corrected chi connectivity index (χ3v) is 1.67. The average molecular weight is 190 g/mol. The topological polar surface area (TPSA) is 23.8 Å². The number of rotatable bonds is 1. The Morgan fingerprint density at radius 2 is 1.92 bits per heavy atom. The second kappa shape index (κ2) is 5.25. The van der Waals surface area contributed by atoms with Crippen molar-refractivity contribution in [3.8, 4) is 17.9 Å². The van der Waals surface area contributed by atoms with E-state index in [-0.39, 0.29) is 0 Å².